The van der Waals surface area contributed by atoms with Gasteiger partial charge in [-0.05, 0) is 86.5 Å². The number of aromatic hydroxyl groups is 1. The Morgan fingerprint density at radius 2 is 1.84 bits per heavy atom. The van der Waals surface area contributed by atoms with Crippen LogP contribution in [0.1, 0.15) is 48.6 Å². The molecule has 0 saturated carbocycles. The molecule has 2 heterocycles. The fraction of sp³-hybridized carbons (Fsp3) is 0.455. The first-order valence-electron chi connectivity index (χ1n) is 9.52. The molecule has 0 aromatic heterocycles. The summed E-state index contributed by atoms with van der Waals surface area (Å²) in [4.78, 5) is 2.61. The number of benzene rings is 2. The van der Waals surface area contributed by atoms with Crippen molar-refractivity contribution in [1.82, 2.24) is 4.90 Å². The lowest BCUT2D eigenvalue weighted by Gasteiger charge is -2.34. The number of phenols is 1. The number of likely N-dealkylation sites (tertiary alicyclic amines) is 1. The molecule has 1 N–H and O–H groups in total. The van der Waals surface area contributed by atoms with Crippen molar-refractivity contribution in [3.05, 3.63) is 59.7 Å². The number of phenolic OH excluding ortho intramolecular Hbond substituents is 1. The molecule has 0 bridgehead atoms. The molecule has 3 nitrogen and oxygen atoms in total. The van der Waals surface area contributed by atoms with Crippen LogP contribution < -0.4 is 4.74 Å². The van der Waals surface area contributed by atoms with Crippen LogP contribution in [0, 0.1) is 0 Å². The topological polar surface area (TPSA) is 32.7 Å². The van der Waals surface area contributed by atoms with Gasteiger partial charge in [0.25, 0.3) is 0 Å². The third kappa shape index (κ3) is 3.82. The summed E-state index contributed by atoms with van der Waals surface area (Å²) in [5.41, 5.74) is 2.68. The average Bonchev–Trinajstić information content (AvgIpc) is 2.67. The molecule has 0 radical (unpaired) electrons. The third-order valence-electron chi connectivity index (χ3n) is 5.81. The van der Waals surface area contributed by atoms with Gasteiger partial charge >= 0.3 is 0 Å². The van der Waals surface area contributed by atoms with Gasteiger partial charge in [-0.2, -0.15) is 0 Å². The van der Waals surface area contributed by atoms with E-state index in [9.17, 15) is 5.11 Å². The highest BCUT2D eigenvalue weighted by Crippen LogP contribution is 2.36. The monoisotopic (exact) mass is 337 g/mol. The van der Waals surface area contributed by atoms with Gasteiger partial charge in [0.2, 0.25) is 0 Å². The van der Waals surface area contributed by atoms with Crippen molar-refractivity contribution >= 4 is 0 Å². The lowest BCUT2D eigenvalue weighted by Crippen LogP contribution is -2.34. The molecule has 2 aromatic carbocycles. The molecule has 1 unspecified atom stereocenters. The van der Waals surface area contributed by atoms with E-state index < -0.39 is 0 Å². The molecule has 1 saturated heterocycles. The maximum Gasteiger partial charge on any atom is 0.122 e. The second-order valence-corrected chi connectivity index (χ2v) is 7.37. The van der Waals surface area contributed by atoms with Gasteiger partial charge in [0.05, 0.1) is 6.61 Å². The lowest BCUT2D eigenvalue weighted by molar-refractivity contribution is 0.194. The van der Waals surface area contributed by atoms with Crippen LogP contribution in [0.15, 0.2) is 48.5 Å². The number of fused-ring (bicyclic) bond motifs is 1. The number of hydrogen-bond acceptors (Lipinski definition) is 3. The summed E-state index contributed by atoms with van der Waals surface area (Å²) in [6, 6.07) is 16.3. The first kappa shape index (κ1) is 16.5. The summed E-state index contributed by atoms with van der Waals surface area (Å²) in [6.07, 6.45) is 4.73. The molecule has 25 heavy (non-hydrogen) atoms. The van der Waals surface area contributed by atoms with E-state index in [2.05, 4.69) is 35.2 Å². The quantitative estimate of drug-likeness (QED) is 0.890. The second-order valence-electron chi connectivity index (χ2n) is 7.37. The van der Waals surface area contributed by atoms with E-state index in [1.807, 2.05) is 12.1 Å². The van der Waals surface area contributed by atoms with E-state index >= 15 is 0 Å². The average molecular weight is 337 g/mol. The van der Waals surface area contributed by atoms with Crippen molar-refractivity contribution in [3.63, 3.8) is 0 Å². The van der Waals surface area contributed by atoms with Crippen LogP contribution in [0.3, 0.4) is 0 Å². The maximum atomic E-state index is 9.68. The predicted molar refractivity (Wildman–Crippen MR) is 100 cm³/mol. The Bertz CT molecular complexity index is 707. The van der Waals surface area contributed by atoms with Crippen molar-refractivity contribution in [3.8, 4) is 11.5 Å². The Labute approximate surface area is 150 Å². The van der Waals surface area contributed by atoms with Crippen molar-refractivity contribution in [2.75, 3.05) is 26.2 Å². The number of nitrogens with zero attached hydrogens (tertiary/aromatic N) is 1. The highest BCUT2D eigenvalue weighted by Gasteiger charge is 2.24. The van der Waals surface area contributed by atoms with Crippen molar-refractivity contribution in [2.24, 2.45) is 0 Å². The Hall–Kier alpha value is -2.00. The molecule has 0 aliphatic carbocycles. The van der Waals surface area contributed by atoms with Gasteiger partial charge in [-0.15, -0.1) is 0 Å². The van der Waals surface area contributed by atoms with E-state index in [1.54, 1.807) is 6.07 Å². The first-order chi connectivity index (χ1) is 12.3. The fourth-order valence-electron chi connectivity index (χ4n) is 4.32. The Morgan fingerprint density at radius 1 is 1.00 bits per heavy atom. The van der Waals surface area contributed by atoms with E-state index in [4.69, 9.17) is 4.74 Å². The van der Waals surface area contributed by atoms with Crippen LogP contribution in [0.25, 0.3) is 0 Å². The minimum absolute atomic E-state index is 0.387. The number of para-hydroxylation sites is 1. The molecular formula is C22H27NO2. The van der Waals surface area contributed by atoms with Crippen molar-refractivity contribution in [1.29, 1.82) is 0 Å². The minimum atomic E-state index is 0.387. The van der Waals surface area contributed by atoms with E-state index in [0.717, 1.165) is 31.9 Å². The molecule has 1 atom stereocenters. The molecule has 0 amide bonds. The summed E-state index contributed by atoms with van der Waals surface area (Å²) in [5, 5.41) is 9.68. The second kappa shape index (κ2) is 7.49. The van der Waals surface area contributed by atoms with Crippen molar-refractivity contribution in [2.45, 2.75) is 37.5 Å². The van der Waals surface area contributed by atoms with E-state index in [1.165, 1.54) is 36.9 Å². The summed E-state index contributed by atoms with van der Waals surface area (Å²) < 4.78 is 5.78. The number of hydrogen-bond donors (Lipinski definition) is 1. The van der Waals surface area contributed by atoms with E-state index in [-0.39, 0.29) is 0 Å². The third-order valence-corrected chi connectivity index (χ3v) is 5.81. The molecular weight excluding hydrogens is 310 g/mol. The molecule has 1 fully saturated rings. The normalized spacial score (nSPS) is 21.5. The van der Waals surface area contributed by atoms with Crippen LogP contribution in [0.5, 0.6) is 11.5 Å². The van der Waals surface area contributed by atoms with Gasteiger partial charge in [-0.3, -0.25) is 0 Å². The van der Waals surface area contributed by atoms with Gasteiger partial charge in [0, 0.05) is 0 Å². The van der Waals surface area contributed by atoms with Crippen LogP contribution in [-0.2, 0) is 0 Å². The van der Waals surface area contributed by atoms with Crippen LogP contribution in [0.4, 0.5) is 0 Å². The smallest absolute Gasteiger partial charge is 0.122 e. The standard InChI is InChI=1S/C22H27NO2/c24-20-5-3-4-19(16-20)17-8-12-23(13-9-17)14-10-18-11-15-25-22-7-2-1-6-21(18)22/h1-7,16-18,24H,8-15H2. The lowest BCUT2D eigenvalue weighted by atomic mass is 9.88. The van der Waals surface area contributed by atoms with Crippen molar-refractivity contribution < 1.29 is 9.84 Å². The molecule has 2 aliphatic heterocycles. The van der Waals surface area contributed by atoms with Gasteiger partial charge in [0.15, 0.2) is 0 Å². The largest absolute Gasteiger partial charge is 0.508 e. The summed E-state index contributed by atoms with van der Waals surface area (Å²) in [6.45, 7) is 4.34. The van der Waals surface area contributed by atoms with Crippen LogP contribution >= 0.6 is 0 Å². The number of ether oxygens (including phenoxy) is 1. The first-order valence-corrected chi connectivity index (χ1v) is 9.52. The fourth-order valence-corrected chi connectivity index (χ4v) is 4.32. The highest BCUT2D eigenvalue weighted by molar-refractivity contribution is 5.37. The molecule has 2 aliphatic rings. The molecule has 3 heteroatoms. The molecule has 4 rings (SSSR count). The minimum Gasteiger partial charge on any atom is -0.508 e. The highest BCUT2D eigenvalue weighted by atomic mass is 16.5. The maximum absolute atomic E-state index is 9.68. The SMILES string of the molecule is Oc1cccc(C2CCN(CCC3CCOc4ccccc43)CC2)c1. The van der Waals surface area contributed by atoms with Crippen LogP contribution in [0.2, 0.25) is 0 Å². The Balaban J connectivity index is 1.30. The Kier molecular flexibility index (Phi) is 4.93. The van der Waals surface area contributed by atoms with Gasteiger partial charge in [-0.25, -0.2) is 0 Å². The molecule has 0 spiro atoms. The summed E-state index contributed by atoms with van der Waals surface area (Å²) in [5.74, 6) is 2.69. The van der Waals surface area contributed by atoms with Gasteiger partial charge in [-0.1, -0.05) is 30.3 Å². The summed E-state index contributed by atoms with van der Waals surface area (Å²) in [7, 11) is 0. The zero-order valence-electron chi connectivity index (χ0n) is 14.7. The summed E-state index contributed by atoms with van der Waals surface area (Å²) >= 11 is 0. The zero-order valence-corrected chi connectivity index (χ0v) is 14.7. The van der Waals surface area contributed by atoms with Gasteiger partial charge in [0.1, 0.15) is 11.5 Å². The van der Waals surface area contributed by atoms with E-state index in [0.29, 0.717) is 17.6 Å². The van der Waals surface area contributed by atoms with Crippen LogP contribution in [-0.4, -0.2) is 36.2 Å². The number of piperidine rings is 1. The zero-order chi connectivity index (χ0) is 17.1. The number of rotatable bonds is 4. The molecule has 2 aromatic rings. The molecule has 132 valence electrons. The van der Waals surface area contributed by atoms with Gasteiger partial charge < -0.3 is 14.7 Å². The Morgan fingerprint density at radius 3 is 2.68 bits per heavy atom. The predicted octanol–water partition coefficient (Wildman–Crippen LogP) is 4.53.